The second-order valence-electron chi connectivity index (χ2n) is 3.21. The third-order valence-electron chi connectivity index (χ3n) is 2.11. The first-order chi connectivity index (χ1) is 6.63. The Morgan fingerprint density at radius 3 is 2.79 bits per heavy atom. The molecule has 0 radical (unpaired) electrons. The molecule has 14 heavy (non-hydrogen) atoms. The summed E-state index contributed by atoms with van der Waals surface area (Å²) >= 11 is 0. The van der Waals surface area contributed by atoms with Gasteiger partial charge in [-0.15, -0.1) is 0 Å². The number of aliphatic hydroxyl groups is 1. The molecule has 1 atom stereocenters. The fourth-order valence-electron chi connectivity index (χ4n) is 1.30. The predicted molar refractivity (Wildman–Crippen MR) is 53.0 cm³/mol. The zero-order chi connectivity index (χ0) is 10.6. The number of carboxylic acids is 1. The van der Waals surface area contributed by atoms with Crippen molar-refractivity contribution in [2.24, 2.45) is 0 Å². The number of aliphatic hydroxyl groups excluding tert-OH is 1. The average molecular weight is 194 g/mol. The third-order valence-corrected chi connectivity index (χ3v) is 2.11. The molecule has 0 aliphatic heterocycles. The van der Waals surface area contributed by atoms with Crippen LogP contribution in [0, 0.1) is 0 Å². The molecular weight excluding hydrogens is 180 g/mol. The van der Waals surface area contributed by atoms with Crippen molar-refractivity contribution in [2.45, 2.75) is 25.9 Å². The maximum Gasteiger partial charge on any atom is 0.306 e. The van der Waals surface area contributed by atoms with Gasteiger partial charge in [-0.2, -0.15) is 0 Å². The number of carbonyl (C=O) groups is 1. The van der Waals surface area contributed by atoms with Crippen LogP contribution in [0.1, 0.15) is 30.6 Å². The van der Waals surface area contributed by atoms with Crippen LogP contribution in [0.3, 0.4) is 0 Å². The molecule has 2 N–H and O–H groups in total. The van der Waals surface area contributed by atoms with E-state index in [-0.39, 0.29) is 6.42 Å². The monoisotopic (exact) mass is 194 g/mol. The zero-order valence-electron chi connectivity index (χ0n) is 8.10. The molecule has 3 heteroatoms. The van der Waals surface area contributed by atoms with Crippen molar-refractivity contribution in [3.05, 3.63) is 35.4 Å². The standard InChI is InChI=1S/C11H14O3/c1-2-8-4-3-5-9(6-8)10(12)7-11(13)14/h3-6,10,12H,2,7H2,1H3,(H,13,14). The maximum absolute atomic E-state index is 10.4. The molecule has 0 aromatic heterocycles. The van der Waals surface area contributed by atoms with Crippen LogP contribution in [-0.2, 0) is 11.2 Å². The van der Waals surface area contributed by atoms with E-state index in [9.17, 15) is 9.90 Å². The molecule has 3 nitrogen and oxygen atoms in total. The van der Waals surface area contributed by atoms with Gasteiger partial charge in [0, 0.05) is 0 Å². The van der Waals surface area contributed by atoms with Gasteiger partial charge in [0.05, 0.1) is 12.5 Å². The molecule has 1 aromatic rings. The van der Waals surface area contributed by atoms with Gasteiger partial charge in [-0.3, -0.25) is 4.79 Å². The van der Waals surface area contributed by atoms with E-state index in [1.807, 2.05) is 25.1 Å². The van der Waals surface area contributed by atoms with Crippen molar-refractivity contribution < 1.29 is 15.0 Å². The van der Waals surface area contributed by atoms with E-state index in [1.54, 1.807) is 6.07 Å². The normalized spacial score (nSPS) is 12.4. The minimum Gasteiger partial charge on any atom is -0.481 e. The van der Waals surface area contributed by atoms with Crippen LogP contribution < -0.4 is 0 Å². The number of rotatable bonds is 4. The Morgan fingerprint density at radius 2 is 2.21 bits per heavy atom. The maximum atomic E-state index is 10.4. The number of hydrogen-bond acceptors (Lipinski definition) is 2. The predicted octanol–water partition coefficient (Wildman–Crippen LogP) is 1.76. The summed E-state index contributed by atoms with van der Waals surface area (Å²) < 4.78 is 0. The minimum atomic E-state index is -0.987. The van der Waals surface area contributed by atoms with Gasteiger partial charge in [-0.05, 0) is 17.5 Å². The fourth-order valence-corrected chi connectivity index (χ4v) is 1.30. The van der Waals surface area contributed by atoms with E-state index in [4.69, 9.17) is 5.11 Å². The highest BCUT2D eigenvalue weighted by molar-refractivity contribution is 5.67. The Hall–Kier alpha value is -1.35. The molecule has 0 fully saturated rings. The van der Waals surface area contributed by atoms with Gasteiger partial charge in [0.15, 0.2) is 0 Å². The van der Waals surface area contributed by atoms with Crippen LogP contribution in [0.25, 0.3) is 0 Å². The quantitative estimate of drug-likeness (QED) is 0.767. The lowest BCUT2D eigenvalue weighted by Crippen LogP contribution is -2.05. The Morgan fingerprint density at radius 1 is 1.50 bits per heavy atom. The lowest BCUT2D eigenvalue weighted by atomic mass is 10.0. The molecule has 0 spiro atoms. The summed E-state index contributed by atoms with van der Waals surface area (Å²) in [6.07, 6.45) is -0.264. The number of benzene rings is 1. The summed E-state index contributed by atoms with van der Waals surface area (Å²) in [6.45, 7) is 2.02. The fraction of sp³-hybridized carbons (Fsp3) is 0.364. The van der Waals surface area contributed by atoms with Crippen molar-refractivity contribution in [1.29, 1.82) is 0 Å². The first kappa shape index (κ1) is 10.7. The number of aliphatic carboxylic acids is 1. The Balaban J connectivity index is 2.78. The Kier molecular flexibility index (Phi) is 3.65. The van der Waals surface area contributed by atoms with Gasteiger partial charge in [0.2, 0.25) is 0 Å². The van der Waals surface area contributed by atoms with Gasteiger partial charge >= 0.3 is 5.97 Å². The van der Waals surface area contributed by atoms with Gasteiger partial charge in [-0.1, -0.05) is 31.2 Å². The lowest BCUT2D eigenvalue weighted by Gasteiger charge is -2.09. The van der Waals surface area contributed by atoms with Crippen LogP contribution >= 0.6 is 0 Å². The van der Waals surface area contributed by atoms with E-state index in [1.165, 1.54) is 0 Å². The van der Waals surface area contributed by atoms with E-state index < -0.39 is 12.1 Å². The van der Waals surface area contributed by atoms with Gasteiger partial charge in [-0.25, -0.2) is 0 Å². The van der Waals surface area contributed by atoms with Crippen LogP contribution in [-0.4, -0.2) is 16.2 Å². The van der Waals surface area contributed by atoms with Crippen LogP contribution in [0.5, 0.6) is 0 Å². The van der Waals surface area contributed by atoms with Crippen molar-refractivity contribution in [1.82, 2.24) is 0 Å². The summed E-state index contributed by atoms with van der Waals surface area (Å²) in [5.74, 6) is -0.987. The van der Waals surface area contributed by atoms with Crippen LogP contribution in [0.15, 0.2) is 24.3 Å². The van der Waals surface area contributed by atoms with E-state index >= 15 is 0 Å². The summed E-state index contributed by atoms with van der Waals surface area (Å²) in [4.78, 5) is 10.4. The van der Waals surface area contributed by atoms with E-state index in [2.05, 4.69) is 0 Å². The van der Waals surface area contributed by atoms with Gasteiger partial charge in [0.1, 0.15) is 0 Å². The highest BCUT2D eigenvalue weighted by Crippen LogP contribution is 2.17. The molecule has 0 bridgehead atoms. The van der Waals surface area contributed by atoms with Crippen molar-refractivity contribution in [3.63, 3.8) is 0 Å². The minimum absolute atomic E-state index is 0.243. The summed E-state index contributed by atoms with van der Waals surface area (Å²) in [6, 6.07) is 7.37. The molecule has 1 aromatic carbocycles. The van der Waals surface area contributed by atoms with E-state index in [0.717, 1.165) is 12.0 Å². The molecule has 0 amide bonds. The second-order valence-corrected chi connectivity index (χ2v) is 3.21. The first-order valence-corrected chi connectivity index (χ1v) is 4.62. The molecule has 0 aliphatic carbocycles. The molecule has 76 valence electrons. The topological polar surface area (TPSA) is 57.5 Å². The highest BCUT2D eigenvalue weighted by Gasteiger charge is 2.11. The second kappa shape index (κ2) is 4.77. The number of hydrogen-bond donors (Lipinski definition) is 2. The van der Waals surface area contributed by atoms with Gasteiger partial charge in [0.25, 0.3) is 0 Å². The first-order valence-electron chi connectivity index (χ1n) is 4.62. The summed E-state index contributed by atoms with van der Waals surface area (Å²) in [7, 11) is 0. The Labute approximate surface area is 83.0 Å². The molecule has 0 heterocycles. The highest BCUT2D eigenvalue weighted by atomic mass is 16.4. The number of carboxylic acid groups (broad SMARTS) is 1. The molecule has 0 aliphatic rings. The lowest BCUT2D eigenvalue weighted by molar-refractivity contribution is -0.139. The largest absolute Gasteiger partial charge is 0.481 e. The van der Waals surface area contributed by atoms with Crippen molar-refractivity contribution >= 4 is 5.97 Å². The molecule has 0 saturated carbocycles. The van der Waals surface area contributed by atoms with Crippen molar-refractivity contribution in [2.75, 3.05) is 0 Å². The van der Waals surface area contributed by atoms with E-state index in [0.29, 0.717) is 5.56 Å². The summed E-state index contributed by atoms with van der Waals surface area (Å²) in [5, 5.41) is 18.0. The zero-order valence-corrected chi connectivity index (χ0v) is 8.10. The Bertz CT molecular complexity index is 320. The molecule has 0 saturated heterocycles. The van der Waals surface area contributed by atoms with Gasteiger partial charge < -0.3 is 10.2 Å². The number of aryl methyl sites for hydroxylation is 1. The molecular formula is C11H14O3. The molecule has 1 unspecified atom stereocenters. The average Bonchev–Trinajstić information content (AvgIpc) is 2.17. The summed E-state index contributed by atoms with van der Waals surface area (Å²) in [5.41, 5.74) is 1.78. The SMILES string of the molecule is CCc1cccc(C(O)CC(=O)O)c1. The third kappa shape index (κ3) is 2.85. The van der Waals surface area contributed by atoms with Crippen molar-refractivity contribution in [3.8, 4) is 0 Å². The molecule has 1 rings (SSSR count). The van der Waals surface area contributed by atoms with Crippen LogP contribution in [0.4, 0.5) is 0 Å². The smallest absolute Gasteiger partial charge is 0.306 e. The van der Waals surface area contributed by atoms with Crippen LogP contribution in [0.2, 0.25) is 0 Å².